The molecule has 57 heavy (non-hydrogen) atoms. The number of fused-ring (bicyclic) bond motifs is 10. The minimum Gasteiger partial charge on any atom is -0.397 e. The van der Waals surface area contributed by atoms with Crippen molar-refractivity contribution >= 4 is 50.8 Å². The van der Waals surface area contributed by atoms with Crippen molar-refractivity contribution in [2.45, 2.75) is 116 Å². The number of carbonyl (C=O) groups is 3. The lowest BCUT2D eigenvalue weighted by Crippen LogP contribution is -2.39. The summed E-state index contributed by atoms with van der Waals surface area (Å²) in [5.74, 6) is 0.597. The molecule has 9 rings (SSSR count). The number of nitrogens with one attached hydrogen (secondary N) is 3. The van der Waals surface area contributed by atoms with Crippen LogP contribution in [0.4, 0.5) is 11.4 Å². The number of aromatic nitrogens is 4. The molecule has 3 aromatic heterocycles. The molecule has 0 saturated carbocycles. The van der Waals surface area contributed by atoms with Crippen molar-refractivity contribution < 1.29 is 19.5 Å². The number of aliphatic hydroxyl groups is 1. The first kappa shape index (κ1) is 40.0. The second kappa shape index (κ2) is 16.0. The molecule has 2 aromatic carbocycles. The van der Waals surface area contributed by atoms with E-state index in [4.69, 9.17) is 5.11 Å². The number of aromatic amines is 3. The summed E-state index contributed by atoms with van der Waals surface area (Å²) in [7, 11) is 0. The highest BCUT2D eigenvalue weighted by Gasteiger charge is 2.49. The summed E-state index contributed by atoms with van der Waals surface area (Å²) < 4.78 is 0. The molecular formula is C47H58N6O4. The third kappa shape index (κ3) is 6.18. The number of aliphatic hydroxyl groups excluding tert-OH is 1. The molecule has 0 bridgehead atoms. The van der Waals surface area contributed by atoms with E-state index in [2.05, 4.69) is 85.3 Å². The number of hydrogen-bond acceptors (Lipinski definition) is 5. The van der Waals surface area contributed by atoms with Crippen LogP contribution in [0.25, 0.3) is 33.2 Å². The maximum absolute atomic E-state index is 13.4. The van der Waals surface area contributed by atoms with Crippen LogP contribution in [-0.2, 0) is 39.7 Å². The number of rotatable bonds is 8. The summed E-state index contributed by atoms with van der Waals surface area (Å²) in [6.45, 7) is 19.1. The molecule has 0 fully saturated rings. The van der Waals surface area contributed by atoms with Gasteiger partial charge in [-0.1, -0.05) is 39.8 Å². The van der Waals surface area contributed by atoms with Crippen molar-refractivity contribution in [2.75, 3.05) is 29.5 Å². The number of nitrogens with zero attached hydrogens (tertiary/aromatic N) is 3. The molecular weight excluding hydrogens is 713 g/mol. The zero-order valence-electron chi connectivity index (χ0n) is 34.4. The lowest BCUT2D eigenvalue weighted by Gasteiger charge is -2.25. The van der Waals surface area contributed by atoms with Crippen LogP contribution >= 0.6 is 0 Å². The van der Waals surface area contributed by atoms with Crippen LogP contribution in [0.2, 0.25) is 0 Å². The SMILES string of the molecule is C=CCN1C(=O)C(CC)(CC)c2cc3[nH]c4c(c3cc21)CCCCC4=O.C=CCN1C(=O)C(CC)(CC)c2cc3[nH]c4c(c3cc21)CCCc1cn[nH]c1-4.CCO. The predicted octanol–water partition coefficient (Wildman–Crippen LogP) is 9.30. The highest BCUT2D eigenvalue weighted by Crippen LogP contribution is 2.50. The number of anilines is 2. The van der Waals surface area contributed by atoms with Gasteiger partial charge in [0.25, 0.3) is 0 Å². The third-order valence-electron chi connectivity index (χ3n) is 13.2. The lowest BCUT2D eigenvalue weighted by molar-refractivity contribution is -0.124. The van der Waals surface area contributed by atoms with E-state index in [0.29, 0.717) is 19.5 Å². The van der Waals surface area contributed by atoms with Gasteiger partial charge in [0, 0.05) is 59.3 Å². The van der Waals surface area contributed by atoms with E-state index in [0.717, 1.165) is 126 Å². The van der Waals surface area contributed by atoms with E-state index in [1.807, 2.05) is 22.1 Å². The van der Waals surface area contributed by atoms with E-state index < -0.39 is 10.8 Å². The quantitative estimate of drug-likeness (QED) is 0.0921. The topological polar surface area (TPSA) is 138 Å². The van der Waals surface area contributed by atoms with Crippen LogP contribution in [0.1, 0.15) is 124 Å². The zero-order valence-corrected chi connectivity index (χ0v) is 34.4. The summed E-state index contributed by atoms with van der Waals surface area (Å²) >= 11 is 0. The van der Waals surface area contributed by atoms with Crippen molar-refractivity contribution in [3.05, 3.63) is 89.3 Å². The molecule has 4 aliphatic rings. The number of carbonyl (C=O) groups excluding carboxylic acids is 3. The number of hydrogen-bond donors (Lipinski definition) is 4. The average Bonchev–Trinajstić information content (AvgIpc) is 3.96. The molecule has 2 aliphatic heterocycles. The Morgan fingerprint density at radius 3 is 1.67 bits per heavy atom. The standard InChI is InChI=1S/C23H26N4O.C22H26N2O2.C2H6O/c1-4-10-27-19-11-16-15-9-7-8-14-13-24-26-20(14)21(15)25-18(16)12-17(19)23(5-2,6-3)22(27)28;1-4-11-24-18-12-15-14-9-7-8-10-19(25)20(14)23-17(15)13-16(18)22(5-2,6-3)21(24)26;1-2-3/h4,11-13,25H,1,5-10H2,2-3H3,(H,24,26);4,12-13,23H,1,5-11H2,2-3H3;3H,2H2,1H3. The fourth-order valence-electron chi connectivity index (χ4n) is 10.1. The van der Waals surface area contributed by atoms with Gasteiger partial charge in [-0.2, -0.15) is 5.10 Å². The largest absolute Gasteiger partial charge is 0.397 e. The van der Waals surface area contributed by atoms with Crippen LogP contribution < -0.4 is 9.80 Å². The van der Waals surface area contributed by atoms with Crippen molar-refractivity contribution in [2.24, 2.45) is 0 Å². The zero-order chi connectivity index (χ0) is 40.6. The van der Waals surface area contributed by atoms with Crippen LogP contribution in [0.15, 0.2) is 55.8 Å². The van der Waals surface area contributed by atoms with E-state index in [-0.39, 0.29) is 24.2 Å². The first-order valence-corrected chi connectivity index (χ1v) is 21.0. The van der Waals surface area contributed by atoms with E-state index >= 15 is 0 Å². The second-order valence-electron chi connectivity index (χ2n) is 15.8. The molecule has 0 unspecified atom stereocenters. The molecule has 2 aliphatic carbocycles. The fraction of sp³-hybridized carbons (Fsp3) is 0.447. The Morgan fingerprint density at radius 1 is 0.684 bits per heavy atom. The lowest BCUT2D eigenvalue weighted by atomic mass is 9.76. The van der Waals surface area contributed by atoms with E-state index in [9.17, 15) is 14.4 Å². The van der Waals surface area contributed by atoms with Gasteiger partial charge in [0.2, 0.25) is 11.8 Å². The molecule has 5 aromatic rings. The van der Waals surface area contributed by atoms with Gasteiger partial charge in [0.05, 0.1) is 34.1 Å². The smallest absolute Gasteiger partial charge is 0.237 e. The molecule has 10 heteroatoms. The van der Waals surface area contributed by atoms with Gasteiger partial charge in [-0.25, -0.2) is 0 Å². The Balaban J connectivity index is 0.000000163. The van der Waals surface area contributed by atoms with Crippen molar-refractivity contribution in [1.29, 1.82) is 0 Å². The van der Waals surface area contributed by atoms with Crippen molar-refractivity contribution in [3.63, 3.8) is 0 Å². The predicted molar refractivity (Wildman–Crippen MR) is 230 cm³/mol. The number of benzene rings is 2. The normalized spacial score (nSPS) is 17.4. The molecule has 10 nitrogen and oxygen atoms in total. The molecule has 0 saturated heterocycles. The maximum atomic E-state index is 13.4. The first-order valence-electron chi connectivity index (χ1n) is 21.0. The molecule has 300 valence electrons. The Bertz CT molecular complexity index is 2370. The Kier molecular flexibility index (Phi) is 11.2. The van der Waals surface area contributed by atoms with Crippen LogP contribution in [0.5, 0.6) is 0 Å². The van der Waals surface area contributed by atoms with Gasteiger partial charge in [0.15, 0.2) is 5.78 Å². The summed E-state index contributed by atoms with van der Waals surface area (Å²) in [4.78, 5) is 49.9. The number of H-pyrrole nitrogens is 3. The minimum atomic E-state index is -0.473. The Hall–Kier alpha value is -5.22. The number of ketones is 1. The number of Topliss-reactive ketones (excluding diaryl/α,β-unsaturated/α-hetero) is 1. The molecule has 5 heterocycles. The number of amides is 2. The average molecular weight is 771 g/mol. The Labute approximate surface area is 335 Å². The van der Waals surface area contributed by atoms with E-state index in [1.54, 1.807) is 13.0 Å². The van der Waals surface area contributed by atoms with Gasteiger partial charge in [-0.3, -0.25) is 19.5 Å². The minimum absolute atomic E-state index is 0.173. The first-order chi connectivity index (χ1) is 27.6. The van der Waals surface area contributed by atoms with Crippen molar-refractivity contribution in [3.8, 4) is 11.4 Å². The Morgan fingerprint density at radius 2 is 1.16 bits per heavy atom. The van der Waals surface area contributed by atoms with Gasteiger partial charge in [-0.15, -0.1) is 13.2 Å². The van der Waals surface area contributed by atoms with Crippen LogP contribution in [0, 0.1) is 0 Å². The van der Waals surface area contributed by atoms with Gasteiger partial charge >= 0.3 is 0 Å². The molecule has 0 atom stereocenters. The highest BCUT2D eigenvalue weighted by atomic mass is 16.2. The number of aryl methyl sites for hydroxylation is 3. The summed E-state index contributed by atoms with van der Waals surface area (Å²) in [6, 6.07) is 8.72. The highest BCUT2D eigenvalue weighted by molar-refractivity contribution is 6.13. The maximum Gasteiger partial charge on any atom is 0.237 e. The van der Waals surface area contributed by atoms with E-state index in [1.165, 1.54) is 16.5 Å². The second-order valence-corrected chi connectivity index (χ2v) is 15.8. The molecule has 4 N–H and O–H groups in total. The molecule has 0 radical (unpaired) electrons. The molecule has 0 spiro atoms. The van der Waals surface area contributed by atoms with Gasteiger partial charge in [-0.05, 0) is 123 Å². The monoisotopic (exact) mass is 770 g/mol. The summed E-state index contributed by atoms with van der Waals surface area (Å²) in [6.07, 6.45) is 15.4. The van der Waals surface area contributed by atoms with Crippen LogP contribution in [-0.4, -0.2) is 62.6 Å². The van der Waals surface area contributed by atoms with Crippen LogP contribution in [0.3, 0.4) is 0 Å². The van der Waals surface area contributed by atoms with Gasteiger partial charge in [0.1, 0.15) is 0 Å². The van der Waals surface area contributed by atoms with Crippen molar-refractivity contribution in [1.82, 2.24) is 20.2 Å². The third-order valence-corrected chi connectivity index (χ3v) is 13.2. The summed E-state index contributed by atoms with van der Waals surface area (Å²) in [5, 5.41) is 17.3. The summed E-state index contributed by atoms with van der Waals surface area (Å²) in [5.41, 5.74) is 12.3. The molecule has 2 amide bonds. The van der Waals surface area contributed by atoms with Gasteiger partial charge < -0.3 is 24.9 Å². The fourth-order valence-corrected chi connectivity index (χ4v) is 10.1.